The summed E-state index contributed by atoms with van der Waals surface area (Å²) in [4.78, 5) is 39.1. The molecule has 6 nitrogen and oxygen atoms in total. The molecule has 1 amide bonds. The van der Waals surface area contributed by atoms with Gasteiger partial charge in [0.2, 0.25) is 5.91 Å². The maximum Gasteiger partial charge on any atom is 0.336 e. The Bertz CT molecular complexity index is 1370. The molecule has 32 heavy (non-hydrogen) atoms. The third-order valence-electron chi connectivity index (χ3n) is 5.43. The highest BCUT2D eigenvalue weighted by molar-refractivity contribution is 7.17. The van der Waals surface area contributed by atoms with Crippen LogP contribution in [0.5, 0.6) is 0 Å². The van der Waals surface area contributed by atoms with Gasteiger partial charge in [-0.3, -0.25) is 14.2 Å². The lowest BCUT2D eigenvalue weighted by atomic mass is 10.1. The van der Waals surface area contributed by atoms with Crippen LogP contribution in [0, 0.1) is 6.92 Å². The first kappa shape index (κ1) is 21.8. The fourth-order valence-electron chi connectivity index (χ4n) is 3.80. The van der Waals surface area contributed by atoms with Gasteiger partial charge in [0.1, 0.15) is 11.2 Å². The Labute approximate surface area is 189 Å². The summed E-state index contributed by atoms with van der Waals surface area (Å²) in [5.41, 5.74) is 2.27. The number of nitrogens with zero attached hydrogens (tertiary/aromatic N) is 2. The van der Waals surface area contributed by atoms with E-state index in [4.69, 9.17) is 0 Å². The van der Waals surface area contributed by atoms with E-state index in [-0.39, 0.29) is 24.1 Å². The number of carbonyl (C=O) groups is 1. The Morgan fingerprint density at radius 3 is 2.59 bits per heavy atom. The van der Waals surface area contributed by atoms with Gasteiger partial charge in [0.15, 0.2) is 0 Å². The molecule has 1 atom stereocenters. The van der Waals surface area contributed by atoms with E-state index in [9.17, 15) is 14.4 Å². The number of rotatable bonds is 7. The molecule has 0 radical (unpaired) electrons. The van der Waals surface area contributed by atoms with Gasteiger partial charge in [0.05, 0.1) is 11.2 Å². The SMILES string of the molecule is Cc1cccc(-n2c(=O)c3sccc3n(CC(=O)N[C@H](C)CCc3ccccc3)c2=O)c1. The summed E-state index contributed by atoms with van der Waals surface area (Å²) in [6, 6.07) is 19.0. The Morgan fingerprint density at radius 2 is 1.84 bits per heavy atom. The highest BCUT2D eigenvalue weighted by Crippen LogP contribution is 2.17. The Hall–Kier alpha value is -3.45. The van der Waals surface area contributed by atoms with Crippen LogP contribution in [-0.4, -0.2) is 21.1 Å². The molecule has 0 fully saturated rings. The van der Waals surface area contributed by atoms with Gasteiger partial charge in [-0.2, -0.15) is 0 Å². The van der Waals surface area contributed by atoms with Crippen molar-refractivity contribution < 1.29 is 4.79 Å². The minimum atomic E-state index is -0.515. The molecule has 0 aliphatic heterocycles. The molecule has 0 aliphatic carbocycles. The Balaban J connectivity index is 1.59. The van der Waals surface area contributed by atoms with Crippen LogP contribution < -0.4 is 16.6 Å². The van der Waals surface area contributed by atoms with Crippen LogP contribution in [0.2, 0.25) is 0 Å². The molecule has 2 heterocycles. The van der Waals surface area contributed by atoms with Crippen LogP contribution in [0.4, 0.5) is 0 Å². The third kappa shape index (κ3) is 4.57. The highest BCUT2D eigenvalue weighted by Gasteiger charge is 2.18. The van der Waals surface area contributed by atoms with Gasteiger partial charge in [-0.05, 0) is 61.4 Å². The van der Waals surface area contributed by atoms with Crippen molar-refractivity contribution in [3.05, 3.63) is 98.0 Å². The van der Waals surface area contributed by atoms with Crippen molar-refractivity contribution in [3.8, 4) is 5.69 Å². The van der Waals surface area contributed by atoms with E-state index in [0.29, 0.717) is 15.9 Å². The summed E-state index contributed by atoms with van der Waals surface area (Å²) >= 11 is 1.27. The molecule has 0 saturated carbocycles. The summed E-state index contributed by atoms with van der Waals surface area (Å²) in [5.74, 6) is -0.255. The van der Waals surface area contributed by atoms with Crippen LogP contribution in [0.3, 0.4) is 0 Å². The number of aryl methyl sites for hydroxylation is 2. The summed E-state index contributed by atoms with van der Waals surface area (Å²) in [6.45, 7) is 3.71. The summed E-state index contributed by atoms with van der Waals surface area (Å²) in [6.07, 6.45) is 1.65. The minimum absolute atomic E-state index is 0.0425. The topological polar surface area (TPSA) is 73.1 Å². The summed E-state index contributed by atoms with van der Waals surface area (Å²) in [5, 5.41) is 4.75. The lowest BCUT2D eigenvalue weighted by Crippen LogP contribution is -2.43. The molecule has 1 N–H and O–H groups in total. The van der Waals surface area contributed by atoms with Crippen molar-refractivity contribution in [1.82, 2.24) is 14.5 Å². The molecular formula is C25H25N3O3S. The molecule has 0 aliphatic rings. The van der Waals surface area contributed by atoms with E-state index in [1.54, 1.807) is 29.6 Å². The zero-order valence-corrected chi connectivity index (χ0v) is 18.9. The summed E-state index contributed by atoms with van der Waals surface area (Å²) in [7, 11) is 0. The van der Waals surface area contributed by atoms with Crippen molar-refractivity contribution in [2.75, 3.05) is 0 Å². The predicted octanol–water partition coefficient (Wildman–Crippen LogP) is 3.66. The Morgan fingerprint density at radius 1 is 1.06 bits per heavy atom. The van der Waals surface area contributed by atoms with E-state index in [0.717, 1.165) is 23.0 Å². The highest BCUT2D eigenvalue weighted by atomic mass is 32.1. The van der Waals surface area contributed by atoms with Gasteiger partial charge in [-0.25, -0.2) is 9.36 Å². The molecule has 0 saturated heterocycles. The molecule has 2 aromatic heterocycles. The number of benzene rings is 2. The van der Waals surface area contributed by atoms with Gasteiger partial charge in [0.25, 0.3) is 5.56 Å². The van der Waals surface area contributed by atoms with Crippen molar-refractivity contribution in [2.45, 2.75) is 39.3 Å². The molecule has 4 aromatic rings. The second-order valence-electron chi connectivity index (χ2n) is 7.98. The van der Waals surface area contributed by atoms with Gasteiger partial charge in [-0.1, -0.05) is 42.5 Å². The van der Waals surface area contributed by atoms with Crippen molar-refractivity contribution in [2.24, 2.45) is 0 Å². The monoisotopic (exact) mass is 447 g/mol. The number of thiophene rings is 1. The van der Waals surface area contributed by atoms with Crippen LogP contribution in [0.1, 0.15) is 24.5 Å². The second kappa shape index (κ2) is 9.36. The van der Waals surface area contributed by atoms with Gasteiger partial charge < -0.3 is 5.32 Å². The minimum Gasteiger partial charge on any atom is -0.352 e. The first-order valence-electron chi connectivity index (χ1n) is 10.6. The quantitative estimate of drug-likeness (QED) is 0.470. The lowest BCUT2D eigenvalue weighted by molar-refractivity contribution is -0.122. The van der Waals surface area contributed by atoms with E-state index < -0.39 is 5.69 Å². The van der Waals surface area contributed by atoms with Crippen molar-refractivity contribution >= 4 is 27.5 Å². The number of fused-ring (bicyclic) bond motifs is 1. The average Bonchev–Trinajstić information content (AvgIpc) is 3.26. The number of nitrogens with one attached hydrogen (secondary N) is 1. The van der Waals surface area contributed by atoms with E-state index in [1.165, 1.54) is 21.5 Å². The molecule has 7 heteroatoms. The standard InChI is InChI=1S/C25H25N3O3S/c1-17-7-6-10-20(15-17)28-24(30)23-21(13-14-32-23)27(25(28)31)16-22(29)26-18(2)11-12-19-8-4-3-5-9-19/h3-10,13-15,18H,11-12,16H2,1-2H3,(H,26,29)/t18-/m1/s1. The van der Waals surface area contributed by atoms with E-state index >= 15 is 0 Å². The average molecular weight is 448 g/mol. The number of hydrogen-bond acceptors (Lipinski definition) is 4. The van der Waals surface area contributed by atoms with Crippen LogP contribution in [0.15, 0.2) is 75.6 Å². The van der Waals surface area contributed by atoms with Gasteiger partial charge >= 0.3 is 5.69 Å². The predicted molar refractivity (Wildman–Crippen MR) is 129 cm³/mol. The molecule has 4 rings (SSSR count). The number of amides is 1. The lowest BCUT2D eigenvalue weighted by Gasteiger charge is -2.16. The van der Waals surface area contributed by atoms with Crippen LogP contribution >= 0.6 is 11.3 Å². The zero-order chi connectivity index (χ0) is 22.7. The van der Waals surface area contributed by atoms with Crippen molar-refractivity contribution in [3.63, 3.8) is 0 Å². The van der Waals surface area contributed by atoms with Crippen LogP contribution in [0.25, 0.3) is 15.9 Å². The fourth-order valence-corrected chi connectivity index (χ4v) is 4.62. The maximum atomic E-state index is 13.3. The van der Waals surface area contributed by atoms with Gasteiger partial charge in [0, 0.05) is 6.04 Å². The van der Waals surface area contributed by atoms with Crippen LogP contribution in [-0.2, 0) is 17.8 Å². The molecule has 0 spiro atoms. The Kier molecular flexibility index (Phi) is 6.37. The molecule has 0 bridgehead atoms. The normalized spacial score (nSPS) is 12.1. The number of carbonyl (C=O) groups excluding carboxylic acids is 1. The molecule has 164 valence electrons. The second-order valence-corrected chi connectivity index (χ2v) is 8.89. The maximum absolute atomic E-state index is 13.3. The fraction of sp³-hybridized carbons (Fsp3) is 0.240. The van der Waals surface area contributed by atoms with Gasteiger partial charge in [-0.15, -0.1) is 11.3 Å². The third-order valence-corrected chi connectivity index (χ3v) is 6.32. The van der Waals surface area contributed by atoms with Crippen molar-refractivity contribution in [1.29, 1.82) is 0 Å². The first-order valence-corrected chi connectivity index (χ1v) is 11.5. The number of aromatic nitrogens is 2. The number of hydrogen-bond donors (Lipinski definition) is 1. The molecule has 2 aromatic carbocycles. The van der Waals surface area contributed by atoms with E-state index in [1.807, 2.05) is 38.1 Å². The molecule has 0 unspecified atom stereocenters. The zero-order valence-electron chi connectivity index (χ0n) is 18.1. The van der Waals surface area contributed by atoms with E-state index in [2.05, 4.69) is 17.4 Å². The first-order chi connectivity index (χ1) is 15.4. The molecular weight excluding hydrogens is 422 g/mol. The largest absolute Gasteiger partial charge is 0.352 e. The smallest absolute Gasteiger partial charge is 0.336 e. The summed E-state index contributed by atoms with van der Waals surface area (Å²) < 4.78 is 2.99.